The average molecular weight is 354 g/mol. The number of hydrogen-bond acceptors (Lipinski definition) is 4. The number of aromatic nitrogens is 2. The second kappa shape index (κ2) is 9.10. The maximum atomic E-state index is 11.9. The normalized spacial score (nSPS) is 18.2. The summed E-state index contributed by atoms with van der Waals surface area (Å²) >= 11 is 0. The van der Waals surface area contributed by atoms with Crippen molar-refractivity contribution in [3.8, 4) is 11.4 Å². The molecule has 5 nitrogen and oxygen atoms in total. The van der Waals surface area contributed by atoms with Crippen LogP contribution in [0.5, 0.6) is 0 Å². The maximum absolute atomic E-state index is 11.9. The molecule has 0 bridgehead atoms. The lowest BCUT2D eigenvalue weighted by molar-refractivity contribution is 0.171. The molecule has 1 aromatic carbocycles. The molecule has 5 heteroatoms. The van der Waals surface area contributed by atoms with Crippen molar-refractivity contribution in [3.05, 3.63) is 51.9 Å². The van der Waals surface area contributed by atoms with Crippen molar-refractivity contribution in [2.45, 2.75) is 45.6 Å². The monoisotopic (exact) mass is 354 g/mol. The molecular weight excluding hydrogens is 324 g/mol. The molecule has 1 saturated heterocycles. The van der Waals surface area contributed by atoms with E-state index in [0.717, 1.165) is 56.7 Å². The summed E-state index contributed by atoms with van der Waals surface area (Å²) in [5, 5.41) is 0. The SMILES string of the molecule is CCCCc1cc(=O)[nH]c(-c2ccc(CN3CCCC(CN)C3)cc2)n1. The number of nitrogens with two attached hydrogens (primary N) is 1. The number of benzene rings is 1. The van der Waals surface area contributed by atoms with Gasteiger partial charge in [0, 0.05) is 30.4 Å². The Morgan fingerprint density at radius 3 is 2.85 bits per heavy atom. The molecule has 3 rings (SSSR count). The lowest BCUT2D eigenvalue weighted by atomic mass is 9.98. The molecule has 1 fully saturated rings. The van der Waals surface area contributed by atoms with Crippen LogP contribution in [-0.4, -0.2) is 34.5 Å². The van der Waals surface area contributed by atoms with Crippen LogP contribution in [0.3, 0.4) is 0 Å². The molecule has 0 radical (unpaired) electrons. The van der Waals surface area contributed by atoms with Crippen LogP contribution in [0.15, 0.2) is 35.1 Å². The molecule has 1 atom stereocenters. The van der Waals surface area contributed by atoms with E-state index >= 15 is 0 Å². The predicted molar refractivity (Wildman–Crippen MR) is 106 cm³/mol. The Kier molecular flexibility index (Phi) is 6.58. The number of unbranched alkanes of at least 4 members (excludes halogenated alkanes) is 1. The fourth-order valence-corrected chi connectivity index (χ4v) is 3.64. The highest BCUT2D eigenvalue weighted by molar-refractivity contribution is 5.55. The van der Waals surface area contributed by atoms with Gasteiger partial charge in [0.25, 0.3) is 5.56 Å². The first-order chi connectivity index (χ1) is 12.7. The smallest absolute Gasteiger partial charge is 0.251 e. The van der Waals surface area contributed by atoms with E-state index in [1.165, 1.54) is 18.4 Å². The van der Waals surface area contributed by atoms with Crippen molar-refractivity contribution < 1.29 is 0 Å². The van der Waals surface area contributed by atoms with Crippen LogP contribution in [0, 0.1) is 5.92 Å². The minimum atomic E-state index is -0.0775. The number of nitrogens with one attached hydrogen (secondary N) is 1. The molecular formula is C21H30N4O. The summed E-state index contributed by atoms with van der Waals surface area (Å²) in [6.07, 6.45) is 5.48. The highest BCUT2D eigenvalue weighted by Gasteiger charge is 2.18. The van der Waals surface area contributed by atoms with Gasteiger partial charge in [-0.05, 0) is 50.3 Å². The number of nitrogens with zero attached hydrogens (tertiary/aromatic N) is 2. The standard InChI is InChI=1S/C21H30N4O/c1-2-3-6-19-12-20(26)24-21(23-19)18-9-7-16(8-10-18)14-25-11-4-5-17(13-22)15-25/h7-10,12,17H,2-6,11,13-15,22H2,1H3,(H,23,24,26). The van der Waals surface area contributed by atoms with Gasteiger partial charge in [-0.1, -0.05) is 37.6 Å². The summed E-state index contributed by atoms with van der Waals surface area (Å²) in [5.74, 6) is 1.29. The van der Waals surface area contributed by atoms with Gasteiger partial charge in [-0.25, -0.2) is 4.98 Å². The summed E-state index contributed by atoms with van der Waals surface area (Å²) < 4.78 is 0. The number of hydrogen-bond donors (Lipinski definition) is 2. The van der Waals surface area contributed by atoms with Crippen LogP contribution in [-0.2, 0) is 13.0 Å². The Labute approximate surface area is 155 Å². The largest absolute Gasteiger partial charge is 0.330 e. The summed E-state index contributed by atoms with van der Waals surface area (Å²) in [6.45, 7) is 6.12. The number of rotatable bonds is 7. The predicted octanol–water partition coefficient (Wildman–Crippen LogP) is 2.95. The van der Waals surface area contributed by atoms with Crippen molar-refractivity contribution in [2.75, 3.05) is 19.6 Å². The first-order valence-corrected chi connectivity index (χ1v) is 9.80. The van der Waals surface area contributed by atoms with E-state index in [1.54, 1.807) is 6.07 Å². The zero-order chi connectivity index (χ0) is 18.4. The molecule has 2 heterocycles. The summed E-state index contributed by atoms with van der Waals surface area (Å²) in [4.78, 5) is 21.9. The molecule has 2 aromatic rings. The molecule has 0 spiro atoms. The Balaban J connectivity index is 1.69. The third-order valence-corrected chi connectivity index (χ3v) is 5.15. The van der Waals surface area contributed by atoms with Crippen LogP contribution in [0.1, 0.15) is 43.9 Å². The second-order valence-corrected chi connectivity index (χ2v) is 7.36. The van der Waals surface area contributed by atoms with E-state index in [1.807, 2.05) is 0 Å². The van der Waals surface area contributed by atoms with Crippen molar-refractivity contribution in [2.24, 2.45) is 11.7 Å². The summed E-state index contributed by atoms with van der Waals surface area (Å²) in [6, 6.07) is 10.0. The minimum absolute atomic E-state index is 0.0775. The Morgan fingerprint density at radius 2 is 2.12 bits per heavy atom. The van der Waals surface area contributed by atoms with Crippen LogP contribution in [0.2, 0.25) is 0 Å². The van der Waals surface area contributed by atoms with Crippen molar-refractivity contribution in [3.63, 3.8) is 0 Å². The summed E-state index contributed by atoms with van der Waals surface area (Å²) in [7, 11) is 0. The fraction of sp³-hybridized carbons (Fsp3) is 0.524. The van der Waals surface area contributed by atoms with Crippen LogP contribution >= 0.6 is 0 Å². The molecule has 1 aliphatic heterocycles. The fourth-order valence-electron chi connectivity index (χ4n) is 3.64. The van der Waals surface area contributed by atoms with Gasteiger partial charge in [-0.15, -0.1) is 0 Å². The van der Waals surface area contributed by atoms with Crippen molar-refractivity contribution >= 4 is 0 Å². The van der Waals surface area contributed by atoms with Gasteiger partial charge in [-0.2, -0.15) is 0 Å². The van der Waals surface area contributed by atoms with E-state index in [4.69, 9.17) is 5.73 Å². The zero-order valence-corrected chi connectivity index (χ0v) is 15.7. The lowest BCUT2D eigenvalue weighted by Gasteiger charge is -2.32. The topological polar surface area (TPSA) is 75.0 Å². The van der Waals surface area contributed by atoms with Gasteiger partial charge >= 0.3 is 0 Å². The number of aryl methyl sites for hydroxylation is 1. The zero-order valence-electron chi connectivity index (χ0n) is 15.7. The third kappa shape index (κ3) is 5.02. The van der Waals surface area contributed by atoms with Gasteiger partial charge in [-0.3, -0.25) is 9.69 Å². The highest BCUT2D eigenvalue weighted by Crippen LogP contribution is 2.20. The molecule has 1 aliphatic rings. The molecule has 3 N–H and O–H groups in total. The van der Waals surface area contributed by atoms with E-state index < -0.39 is 0 Å². The van der Waals surface area contributed by atoms with Crippen LogP contribution in [0.25, 0.3) is 11.4 Å². The molecule has 0 aliphatic carbocycles. The second-order valence-electron chi connectivity index (χ2n) is 7.36. The van der Waals surface area contributed by atoms with Gasteiger partial charge in [0.1, 0.15) is 5.82 Å². The first-order valence-electron chi connectivity index (χ1n) is 9.80. The molecule has 26 heavy (non-hydrogen) atoms. The van der Waals surface area contributed by atoms with E-state index in [2.05, 4.69) is 46.1 Å². The van der Waals surface area contributed by atoms with Gasteiger partial charge < -0.3 is 10.7 Å². The van der Waals surface area contributed by atoms with Gasteiger partial charge in [0.05, 0.1) is 0 Å². The lowest BCUT2D eigenvalue weighted by Crippen LogP contribution is -2.37. The first kappa shape index (κ1) is 18.8. The van der Waals surface area contributed by atoms with Crippen LogP contribution in [0.4, 0.5) is 0 Å². The number of likely N-dealkylation sites (tertiary alicyclic amines) is 1. The highest BCUT2D eigenvalue weighted by atomic mass is 16.1. The van der Waals surface area contributed by atoms with Crippen molar-refractivity contribution in [1.29, 1.82) is 0 Å². The minimum Gasteiger partial charge on any atom is -0.330 e. The van der Waals surface area contributed by atoms with Crippen LogP contribution < -0.4 is 11.3 Å². The van der Waals surface area contributed by atoms with Gasteiger partial charge in [0.15, 0.2) is 0 Å². The molecule has 0 saturated carbocycles. The number of piperidine rings is 1. The maximum Gasteiger partial charge on any atom is 0.251 e. The van der Waals surface area contributed by atoms with Gasteiger partial charge in [0.2, 0.25) is 0 Å². The molecule has 1 unspecified atom stereocenters. The summed E-state index contributed by atoms with van der Waals surface area (Å²) in [5.41, 5.74) is 8.88. The molecule has 1 aromatic heterocycles. The average Bonchev–Trinajstić information content (AvgIpc) is 2.66. The number of H-pyrrole nitrogens is 1. The Bertz CT molecular complexity index is 753. The Hall–Kier alpha value is -1.98. The van der Waals surface area contributed by atoms with Crippen molar-refractivity contribution in [1.82, 2.24) is 14.9 Å². The Morgan fingerprint density at radius 1 is 1.31 bits per heavy atom. The van der Waals surface area contributed by atoms with E-state index in [-0.39, 0.29) is 5.56 Å². The quantitative estimate of drug-likeness (QED) is 0.802. The number of aromatic amines is 1. The van der Waals surface area contributed by atoms with E-state index in [9.17, 15) is 4.79 Å². The third-order valence-electron chi connectivity index (χ3n) is 5.15. The molecule has 140 valence electrons. The molecule has 0 amide bonds. The van der Waals surface area contributed by atoms with E-state index in [0.29, 0.717) is 11.7 Å².